The number of anilines is 2. The van der Waals surface area contributed by atoms with Crippen LogP contribution in [0.25, 0.3) is 11.1 Å². The van der Waals surface area contributed by atoms with E-state index in [1.54, 1.807) is 6.07 Å². The number of hydrogen-bond acceptors (Lipinski definition) is 3. The molecule has 0 fully saturated rings. The highest BCUT2D eigenvalue weighted by atomic mass is 16.1. The number of rotatable bonds is 2. The van der Waals surface area contributed by atoms with Crippen molar-refractivity contribution >= 4 is 17.2 Å². The normalized spacial score (nSPS) is 10.2. The Labute approximate surface area is 100 Å². The molecular formula is C14H14N2O. The van der Waals surface area contributed by atoms with E-state index >= 15 is 0 Å². The molecule has 0 spiro atoms. The van der Waals surface area contributed by atoms with Gasteiger partial charge in [-0.25, -0.2) is 0 Å². The fourth-order valence-electron chi connectivity index (χ4n) is 1.91. The van der Waals surface area contributed by atoms with Crippen LogP contribution >= 0.6 is 0 Å². The quantitative estimate of drug-likeness (QED) is 0.611. The molecule has 2 aromatic carbocycles. The Morgan fingerprint density at radius 3 is 2.41 bits per heavy atom. The highest BCUT2D eigenvalue weighted by Gasteiger charge is 2.12. The van der Waals surface area contributed by atoms with Gasteiger partial charge in [0.1, 0.15) is 0 Å². The van der Waals surface area contributed by atoms with Crippen molar-refractivity contribution < 1.29 is 4.79 Å². The average molecular weight is 226 g/mol. The summed E-state index contributed by atoms with van der Waals surface area (Å²) in [4.78, 5) is 11.6. The number of carbonyl (C=O) groups is 1. The molecule has 0 saturated heterocycles. The summed E-state index contributed by atoms with van der Waals surface area (Å²) in [6, 6.07) is 12.9. The minimum atomic E-state index is -0.0412. The van der Waals surface area contributed by atoms with Crippen molar-refractivity contribution in [2.45, 2.75) is 6.92 Å². The minimum absolute atomic E-state index is 0.0412. The molecule has 2 aromatic rings. The van der Waals surface area contributed by atoms with Crippen LogP contribution in [0.3, 0.4) is 0 Å². The largest absolute Gasteiger partial charge is 0.399 e. The molecule has 0 aromatic heterocycles. The summed E-state index contributed by atoms with van der Waals surface area (Å²) in [6.45, 7) is 1.52. The first-order chi connectivity index (χ1) is 8.09. The Bertz CT molecular complexity index is 576. The molecule has 4 N–H and O–H groups in total. The SMILES string of the molecule is CC(=O)c1c(N)cccc1-c1cccc(N)c1. The molecule has 0 aliphatic carbocycles. The number of nitrogen functional groups attached to an aromatic ring is 2. The van der Waals surface area contributed by atoms with E-state index < -0.39 is 0 Å². The maximum atomic E-state index is 11.6. The summed E-state index contributed by atoms with van der Waals surface area (Å²) < 4.78 is 0. The Morgan fingerprint density at radius 2 is 1.76 bits per heavy atom. The first-order valence-corrected chi connectivity index (χ1v) is 5.35. The molecule has 0 unspecified atom stereocenters. The number of benzene rings is 2. The molecule has 0 saturated carbocycles. The highest BCUT2D eigenvalue weighted by Crippen LogP contribution is 2.29. The van der Waals surface area contributed by atoms with E-state index in [0.717, 1.165) is 11.1 Å². The first kappa shape index (κ1) is 11.2. The van der Waals surface area contributed by atoms with E-state index in [1.807, 2.05) is 36.4 Å². The molecular weight excluding hydrogens is 212 g/mol. The summed E-state index contributed by atoms with van der Waals surface area (Å²) in [6.07, 6.45) is 0. The van der Waals surface area contributed by atoms with Gasteiger partial charge in [0.2, 0.25) is 0 Å². The maximum absolute atomic E-state index is 11.6. The van der Waals surface area contributed by atoms with E-state index in [1.165, 1.54) is 6.92 Å². The van der Waals surface area contributed by atoms with Gasteiger partial charge in [-0.2, -0.15) is 0 Å². The van der Waals surface area contributed by atoms with Crippen LogP contribution < -0.4 is 11.5 Å². The van der Waals surface area contributed by atoms with Crippen molar-refractivity contribution in [3.05, 3.63) is 48.0 Å². The van der Waals surface area contributed by atoms with Crippen LogP contribution in [0.4, 0.5) is 11.4 Å². The van der Waals surface area contributed by atoms with Gasteiger partial charge >= 0.3 is 0 Å². The molecule has 86 valence electrons. The zero-order chi connectivity index (χ0) is 12.4. The van der Waals surface area contributed by atoms with Crippen LogP contribution in [-0.4, -0.2) is 5.78 Å². The van der Waals surface area contributed by atoms with Gasteiger partial charge < -0.3 is 11.5 Å². The monoisotopic (exact) mass is 226 g/mol. The molecule has 0 amide bonds. The van der Waals surface area contributed by atoms with Crippen LogP contribution in [0.15, 0.2) is 42.5 Å². The van der Waals surface area contributed by atoms with Crippen molar-refractivity contribution in [3.63, 3.8) is 0 Å². The Morgan fingerprint density at radius 1 is 1.06 bits per heavy atom. The van der Waals surface area contributed by atoms with E-state index in [-0.39, 0.29) is 5.78 Å². The van der Waals surface area contributed by atoms with Gasteiger partial charge in [0, 0.05) is 16.9 Å². The molecule has 3 heteroatoms. The summed E-state index contributed by atoms with van der Waals surface area (Å²) in [7, 11) is 0. The molecule has 0 aliphatic rings. The third-order valence-corrected chi connectivity index (χ3v) is 2.65. The lowest BCUT2D eigenvalue weighted by Gasteiger charge is -2.10. The van der Waals surface area contributed by atoms with Gasteiger partial charge in [0.05, 0.1) is 0 Å². The van der Waals surface area contributed by atoms with Gasteiger partial charge in [-0.1, -0.05) is 24.3 Å². The summed E-state index contributed by atoms with van der Waals surface area (Å²) in [5.74, 6) is -0.0412. The van der Waals surface area contributed by atoms with Gasteiger partial charge in [-0.05, 0) is 36.2 Å². The van der Waals surface area contributed by atoms with Crippen molar-refractivity contribution in [2.24, 2.45) is 0 Å². The minimum Gasteiger partial charge on any atom is -0.399 e. The first-order valence-electron chi connectivity index (χ1n) is 5.35. The van der Waals surface area contributed by atoms with Crippen molar-refractivity contribution in [3.8, 4) is 11.1 Å². The third-order valence-electron chi connectivity index (χ3n) is 2.65. The molecule has 0 atom stereocenters. The van der Waals surface area contributed by atoms with Crippen molar-refractivity contribution in [2.75, 3.05) is 11.5 Å². The van der Waals surface area contributed by atoms with Gasteiger partial charge in [0.25, 0.3) is 0 Å². The predicted molar refractivity (Wildman–Crippen MR) is 70.7 cm³/mol. The summed E-state index contributed by atoms with van der Waals surface area (Å²) >= 11 is 0. The van der Waals surface area contributed by atoms with Crippen molar-refractivity contribution in [1.82, 2.24) is 0 Å². The second kappa shape index (κ2) is 4.29. The zero-order valence-electron chi connectivity index (χ0n) is 9.60. The summed E-state index contributed by atoms with van der Waals surface area (Å²) in [5.41, 5.74) is 15.0. The lowest BCUT2D eigenvalue weighted by molar-refractivity contribution is 0.101. The smallest absolute Gasteiger partial charge is 0.162 e. The van der Waals surface area contributed by atoms with Crippen LogP contribution in [0.2, 0.25) is 0 Å². The van der Waals surface area contributed by atoms with Crippen LogP contribution in [0.1, 0.15) is 17.3 Å². The number of carbonyl (C=O) groups excluding carboxylic acids is 1. The van der Waals surface area contributed by atoms with Crippen LogP contribution in [0, 0.1) is 0 Å². The Balaban J connectivity index is 2.67. The molecule has 3 nitrogen and oxygen atoms in total. The van der Waals surface area contributed by atoms with Gasteiger partial charge in [-0.15, -0.1) is 0 Å². The van der Waals surface area contributed by atoms with Crippen molar-refractivity contribution in [1.29, 1.82) is 0 Å². The fraction of sp³-hybridized carbons (Fsp3) is 0.0714. The fourth-order valence-corrected chi connectivity index (χ4v) is 1.91. The Hall–Kier alpha value is -2.29. The number of nitrogens with two attached hydrogens (primary N) is 2. The molecule has 17 heavy (non-hydrogen) atoms. The second-order valence-electron chi connectivity index (χ2n) is 3.95. The standard InChI is InChI=1S/C14H14N2O/c1-9(17)14-12(6-3-7-13(14)16)10-4-2-5-11(15)8-10/h2-8H,15-16H2,1H3. The molecule has 0 bridgehead atoms. The predicted octanol–water partition coefficient (Wildman–Crippen LogP) is 2.72. The van der Waals surface area contributed by atoms with Crippen LogP contribution in [-0.2, 0) is 0 Å². The zero-order valence-corrected chi connectivity index (χ0v) is 9.60. The third kappa shape index (κ3) is 2.13. The lowest BCUT2D eigenvalue weighted by atomic mass is 9.96. The topological polar surface area (TPSA) is 69.1 Å². The molecule has 2 rings (SSSR count). The van der Waals surface area contributed by atoms with Crippen LogP contribution in [0.5, 0.6) is 0 Å². The highest BCUT2D eigenvalue weighted by molar-refractivity contribution is 6.05. The lowest BCUT2D eigenvalue weighted by Crippen LogP contribution is -2.02. The van der Waals surface area contributed by atoms with E-state index in [0.29, 0.717) is 16.9 Å². The van der Waals surface area contributed by atoms with Gasteiger partial charge in [0.15, 0.2) is 5.78 Å². The number of hydrogen-bond donors (Lipinski definition) is 2. The summed E-state index contributed by atoms with van der Waals surface area (Å²) in [5, 5.41) is 0. The maximum Gasteiger partial charge on any atom is 0.162 e. The Kier molecular flexibility index (Phi) is 2.83. The van der Waals surface area contributed by atoms with E-state index in [2.05, 4.69) is 0 Å². The van der Waals surface area contributed by atoms with Gasteiger partial charge in [-0.3, -0.25) is 4.79 Å². The van der Waals surface area contributed by atoms with E-state index in [4.69, 9.17) is 11.5 Å². The number of Topliss-reactive ketones (excluding diaryl/α,β-unsaturated/α-hetero) is 1. The molecule has 0 heterocycles. The second-order valence-corrected chi connectivity index (χ2v) is 3.95. The molecule has 0 aliphatic heterocycles. The molecule has 0 radical (unpaired) electrons. The van der Waals surface area contributed by atoms with E-state index in [9.17, 15) is 4.79 Å². The number of ketones is 1. The average Bonchev–Trinajstić information content (AvgIpc) is 2.28.